The summed E-state index contributed by atoms with van der Waals surface area (Å²) < 4.78 is 4.42. The van der Waals surface area contributed by atoms with Crippen molar-refractivity contribution in [3.05, 3.63) is 66.2 Å². The van der Waals surface area contributed by atoms with Crippen molar-refractivity contribution in [2.24, 2.45) is 0 Å². The molecule has 0 radical (unpaired) electrons. The van der Waals surface area contributed by atoms with Crippen LogP contribution in [0, 0.1) is 0 Å². The fourth-order valence-corrected chi connectivity index (χ4v) is 3.28. The van der Waals surface area contributed by atoms with Crippen LogP contribution in [0.15, 0.2) is 60.7 Å². The average Bonchev–Trinajstić information content (AvgIpc) is 3.09. The number of hydrogen-bond acceptors (Lipinski definition) is 5. The molecule has 0 fully saturated rings. The van der Waals surface area contributed by atoms with Gasteiger partial charge >= 0.3 is 0 Å². The predicted molar refractivity (Wildman–Crippen MR) is 99.3 cm³/mol. The lowest BCUT2D eigenvalue weighted by molar-refractivity contribution is 0.175. The van der Waals surface area contributed by atoms with E-state index in [9.17, 15) is 5.11 Å². The Balaban J connectivity index is 1.68. The summed E-state index contributed by atoms with van der Waals surface area (Å²) in [5.41, 5.74) is 2.24. The highest BCUT2D eigenvalue weighted by Gasteiger charge is 2.15. The third kappa shape index (κ3) is 4.40. The second kappa shape index (κ2) is 8.04. The molecule has 24 heavy (non-hydrogen) atoms. The van der Waals surface area contributed by atoms with Crippen molar-refractivity contribution in [2.45, 2.75) is 25.4 Å². The van der Waals surface area contributed by atoms with Crippen LogP contribution in [0.1, 0.15) is 24.8 Å². The molecule has 1 heterocycles. The van der Waals surface area contributed by atoms with Gasteiger partial charge in [-0.05, 0) is 18.9 Å². The summed E-state index contributed by atoms with van der Waals surface area (Å²) in [6.45, 7) is 2.55. The molecule has 2 N–H and O–H groups in total. The average molecular weight is 339 g/mol. The highest BCUT2D eigenvalue weighted by Crippen LogP contribution is 2.24. The van der Waals surface area contributed by atoms with Gasteiger partial charge in [0.1, 0.15) is 0 Å². The summed E-state index contributed by atoms with van der Waals surface area (Å²) >= 11 is 1.37. The van der Waals surface area contributed by atoms with Crippen molar-refractivity contribution in [3.63, 3.8) is 0 Å². The molecule has 0 saturated heterocycles. The third-order valence-electron chi connectivity index (χ3n) is 3.85. The van der Waals surface area contributed by atoms with Gasteiger partial charge in [-0.3, -0.25) is 0 Å². The van der Waals surface area contributed by atoms with Gasteiger partial charge in [0.05, 0.1) is 6.10 Å². The quantitative estimate of drug-likeness (QED) is 0.678. The Hall–Kier alpha value is -2.24. The lowest BCUT2D eigenvalue weighted by Gasteiger charge is -2.19. The number of benzene rings is 2. The number of rotatable bonds is 7. The minimum absolute atomic E-state index is 0.232. The van der Waals surface area contributed by atoms with Crippen LogP contribution in [-0.4, -0.2) is 27.1 Å². The second-order valence-electron chi connectivity index (χ2n) is 5.86. The minimum Gasteiger partial charge on any atom is -0.393 e. The van der Waals surface area contributed by atoms with Gasteiger partial charge < -0.3 is 10.4 Å². The molecule has 2 unspecified atom stereocenters. The molecular weight excluding hydrogens is 318 g/mol. The van der Waals surface area contributed by atoms with E-state index in [0.717, 1.165) is 23.1 Å². The third-order valence-corrected chi connectivity index (χ3v) is 4.53. The Morgan fingerprint density at radius 2 is 1.71 bits per heavy atom. The normalized spacial score (nSPS) is 13.4. The standard InChI is InChI=1S/C19H21N3OS/c1-14(23)12-17(15-8-4-2-5-9-15)13-20-19-21-18(22-24-19)16-10-6-3-7-11-16/h2-11,14,17,23H,12-13H2,1H3,(H,20,21,22). The van der Waals surface area contributed by atoms with E-state index in [1.54, 1.807) is 0 Å². The van der Waals surface area contributed by atoms with Crippen molar-refractivity contribution < 1.29 is 5.11 Å². The van der Waals surface area contributed by atoms with Gasteiger partial charge in [0, 0.05) is 29.6 Å². The van der Waals surface area contributed by atoms with Gasteiger partial charge in [-0.2, -0.15) is 9.36 Å². The van der Waals surface area contributed by atoms with E-state index in [-0.39, 0.29) is 12.0 Å². The first kappa shape index (κ1) is 16.6. The molecule has 5 heteroatoms. The number of aliphatic hydroxyl groups excluding tert-OH is 1. The van der Waals surface area contributed by atoms with Crippen LogP contribution in [0.4, 0.5) is 5.13 Å². The van der Waals surface area contributed by atoms with E-state index in [1.165, 1.54) is 17.1 Å². The van der Waals surface area contributed by atoms with Gasteiger partial charge in [-0.15, -0.1) is 0 Å². The van der Waals surface area contributed by atoms with E-state index in [4.69, 9.17) is 0 Å². The lowest BCUT2D eigenvalue weighted by atomic mass is 9.93. The molecule has 2 aromatic carbocycles. The molecule has 0 aliphatic rings. The zero-order valence-electron chi connectivity index (χ0n) is 13.6. The fourth-order valence-electron chi connectivity index (χ4n) is 2.68. The van der Waals surface area contributed by atoms with Crippen LogP contribution in [0.25, 0.3) is 11.4 Å². The van der Waals surface area contributed by atoms with E-state index in [1.807, 2.05) is 55.5 Å². The van der Waals surface area contributed by atoms with E-state index < -0.39 is 0 Å². The highest BCUT2D eigenvalue weighted by atomic mass is 32.1. The van der Waals surface area contributed by atoms with E-state index in [0.29, 0.717) is 6.42 Å². The number of hydrogen-bond donors (Lipinski definition) is 2. The van der Waals surface area contributed by atoms with Gasteiger partial charge in [0.2, 0.25) is 5.13 Å². The molecular formula is C19H21N3OS. The molecule has 0 saturated carbocycles. The summed E-state index contributed by atoms with van der Waals surface area (Å²) in [7, 11) is 0. The van der Waals surface area contributed by atoms with Crippen LogP contribution in [0.2, 0.25) is 0 Å². The fraction of sp³-hybridized carbons (Fsp3) is 0.263. The van der Waals surface area contributed by atoms with Crippen LogP contribution >= 0.6 is 11.5 Å². The maximum absolute atomic E-state index is 9.78. The van der Waals surface area contributed by atoms with Gasteiger partial charge in [0.25, 0.3) is 0 Å². The molecule has 0 aliphatic carbocycles. The van der Waals surface area contributed by atoms with Crippen LogP contribution in [0.5, 0.6) is 0 Å². The summed E-state index contributed by atoms with van der Waals surface area (Å²) in [5.74, 6) is 0.977. The highest BCUT2D eigenvalue weighted by molar-refractivity contribution is 7.09. The van der Waals surface area contributed by atoms with Crippen molar-refractivity contribution in [1.29, 1.82) is 0 Å². The van der Waals surface area contributed by atoms with Crippen molar-refractivity contribution in [1.82, 2.24) is 9.36 Å². The first-order valence-electron chi connectivity index (χ1n) is 8.08. The number of nitrogens with zero attached hydrogens (tertiary/aromatic N) is 2. The van der Waals surface area contributed by atoms with Crippen LogP contribution in [0.3, 0.4) is 0 Å². The van der Waals surface area contributed by atoms with Crippen molar-refractivity contribution in [2.75, 3.05) is 11.9 Å². The lowest BCUT2D eigenvalue weighted by Crippen LogP contribution is -2.17. The Kier molecular flexibility index (Phi) is 5.56. The molecule has 0 spiro atoms. The van der Waals surface area contributed by atoms with Crippen LogP contribution < -0.4 is 5.32 Å². The molecule has 2 atom stereocenters. The van der Waals surface area contributed by atoms with E-state index in [2.05, 4.69) is 26.8 Å². The molecule has 124 valence electrons. The van der Waals surface area contributed by atoms with Crippen molar-refractivity contribution >= 4 is 16.7 Å². The summed E-state index contributed by atoms with van der Waals surface area (Å²) in [5, 5.41) is 14.0. The zero-order chi connectivity index (χ0) is 16.8. The molecule has 0 bridgehead atoms. The maximum atomic E-state index is 9.78. The first-order valence-corrected chi connectivity index (χ1v) is 8.85. The monoisotopic (exact) mass is 339 g/mol. The van der Waals surface area contributed by atoms with Gasteiger partial charge in [0.15, 0.2) is 5.82 Å². The Morgan fingerprint density at radius 1 is 1.04 bits per heavy atom. The molecule has 0 amide bonds. The second-order valence-corrected chi connectivity index (χ2v) is 6.61. The predicted octanol–water partition coefficient (Wildman–Crippen LogP) is 4.17. The van der Waals surface area contributed by atoms with Gasteiger partial charge in [-0.1, -0.05) is 60.7 Å². The number of nitrogens with one attached hydrogen (secondary N) is 1. The first-order chi connectivity index (χ1) is 11.7. The Morgan fingerprint density at radius 3 is 2.38 bits per heavy atom. The summed E-state index contributed by atoms with van der Waals surface area (Å²) in [4.78, 5) is 4.56. The Bertz CT molecular complexity index is 744. The topological polar surface area (TPSA) is 58.0 Å². The number of anilines is 1. The minimum atomic E-state index is -0.341. The number of aromatic nitrogens is 2. The van der Waals surface area contributed by atoms with Crippen LogP contribution in [-0.2, 0) is 0 Å². The maximum Gasteiger partial charge on any atom is 0.202 e. The van der Waals surface area contributed by atoms with E-state index >= 15 is 0 Å². The summed E-state index contributed by atoms with van der Waals surface area (Å²) in [6.07, 6.45) is 0.368. The smallest absolute Gasteiger partial charge is 0.202 e. The SMILES string of the molecule is CC(O)CC(CNc1nc(-c2ccccc2)ns1)c1ccccc1. The summed E-state index contributed by atoms with van der Waals surface area (Å²) in [6, 6.07) is 20.2. The molecule has 3 rings (SSSR count). The number of aliphatic hydroxyl groups is 1. The Labute approximate surface area is 146 Å². The van der Waals surface area contributed by atoms with Crippen molar-refractivity contribution in [3.8, 4) is 11.4 Å². The zero-order valence-corrected chi connectivity index (χ0v) is 14.4. The van der Waals surface area contributed by atoms with Gasteiger partial charge in [-0.25, -0.2) is 0 Å². The molecule has 0 aliphatic heterocycles. The molecule has 4 nitrogen and oxygen atoms in total. The molecule has 1 aromatic heterocycles. The largest absolute Gasteiger partial charge is 0.393 e. The molecule has 3 aromatic rings.